The molecule has 0 spiro atoms. The summed E-state index contributed by atoms with van der Waals surface area (Å²) in [6.45, 7) is 0.633. The molecule has 10 N–H and O–H groups in total. The van der Waals surface area contributed by atoms with Crippen molar-refractivity contribution in [1.82, 2.24) is 25.2 Å². The first-order valence-corrected chi connectivity index (χ1v) is 20.2. The molecule has 2 amide bonds. The number of nitrogens with zero attached hydrogens (tertiary/aromatic N) is 2. The molecule has 2 saturated heterocycles. The summed E-state index contributed by atoms with van der Waals surface area (Å²) >= 11 is 0. The fraction of sp³-hybridized carbons (Fsp3) is 0.577. The first-order valence-electron chi connectivity index (χ1n) is 15.6. The molecule has 2 aliphatic rings. The predicted octanol–water partition coefficient (Wildman–Crippen LogP) is -2.62. The molecule has 2 aromatic heterocycles. The standard InChI is InChI=1S/C26H38N5O21P3/c1-11-21(35)15(14(6-27-11)7-48-53(39,40)41)8-46-16-9-47-25(20(29-13(3)33)19(16)28-12(2)32)51-55(44,45)52-54(42,43)49-10-17-22(36)23(37)24(50-17)31-5-4-18(34)30-26(31)38/h4-6,16-17,19-20,22-25,35-37H,7-10H2,1-3H3,(H,28,32)(H,29,33)(H,42,43)(H,44,45)(H,30,34,38)(H2,39,40,41)/t16-,17+,19-,20+,22+,23+,24+,25+/m0/s1. The van der Waals surface area contributed by atoms with Crippen molar-refractivity contribution >= 4 is 35.3 Å². The minimum Gasteiger partial charge on any atom is -0.506 e. The SMILES string of the molecule is CC(=O)N[C@@H]1[C@@H](NC(C)=O)[C@@H](OP(=O)(O)OP(=O)(O)OC[C@H]2O[C@@H](n3ccc(=O)[nH]c3=O)[C@H](O)[C@@H]2O)OC[C@@H]1OCc1c(COP(=O)(O)O)cnc(C)c1O. The van der Waals surface area contributed by atoms with Gasteiger partial charge in [-0.2, -0.15) is 4.31 Å². The molecule has 26 nitrogen and oxygen atoms in total. The number of rotatable bonds is 16. The number of H-pyrrole nitrogens is 1. The highest BCUT2D eigenvalue weighted by Crippen LogP contribution is 2.61. The maximum atomic E-state index is 13.0. The molecule has 0 radical (unpaired) electrons. The number of amides is 2. The molecular weight excluding hydrogens is 811 g/mol. The Morgan fingerprint density at radius 1 is 1.00 bits per heavy atom. The number of aliphatic hydroxyl groups excluding tert-OH is 2. The average Bonchev–Trinajstić information content (AvgIpc) is 3.33. The Labute approximate surface area is 308 Å². The summed E-state index contributed by atoms with van der Waals surface area (Å²) < 4.78 is 72.9. The van der Waals surface area contributed by atoms with Crippen LogP contribution in [0, 0.1) is 6.92 Å². The quantitative estimate of drug-likeness (QED) is 0.0773. The molecule has 2 unspecified atom stereocenters. The van der Waals surface area contributed by atoms with Gasteiger partial charge in [-0.05, 0) is 6.92 Å². The van der Waals surface area contributed by atoms with Crippen LogP contribution in [0.1, 0.15) is 36.9 Å². The number of aromatic nitrogens is 3. The van der Waals surface area contributed by atoms with Crippen LogP contribution >= 0.6 is 23.5 Å². The highest BCUT2D eigenvalue weighted by molar-refractivity contribution is 7.61. The van der Waals surface area contributed by atoms with Crippen LogP contribution in [0.3, 0.4) is 0 Å². The number of hydrogen-bond donors (Lipinski definition) is 10. The number of nitrogens with one attached hydrogen (secondary N) is 3. The maximum Gasteiger partial charge on any atom is 0.483 e. The predicted molar refractivity (Wildman–Crippen MR) is 176 cm³/mol. The molecule has 2 aliphatic heterocycles. The minimum atomic E-state index is -5.72. The van der Waals surface area contributed by atoms with Crippen LogP contribution < -0.4 is 21.9 Å². The summed E-state index contributed by atoms with van der Waals surface area (Å²) in [4.78, 5) is 92.7. The monoisotopic (exact) mass is 849 g/mol. The summed E-state index contributed by atoms with van der Waals surface area (Å²) in [6.07, 6.45) is -8.03. The Morgan fingerprint density at radius 2 is 1.65 bits per heavy atom. The number of aliphatic hydroxyl groups is 2. The van der Waals surface area contributed by atoms with Gasteiger partial charge >= 0.3 is 29.2 Å². The van der Waals surface area contributed by atoms with Gasteiger partial charge in [-0.1, -0.05) is 0 Å². The van der Waals surface area contributed by atoms with E-state index < -0.39 is 128 Å². The van der Waals surface area contributed by atoms with E-state index in [0.29, 0.717) is 4.57 Å². The van der Waals surface area contributed by atoms with Crippen molar-refractivity contribution in [2.45, 2.75) is 83.0 Å². The third-order valence-electron chi connectivity index (χ3n) is 7.81. The second-order valence-corrected chi connectivity index (χ2v) is 16.2. The Bertz CT molecular complexity index is 1990. The highest BCUT2D eigenvalue weighted by atomic mass is 31.3. The molecular formula is C26H38N5O21P3. The van der Waals surface area contributed by atoms with Crippen molar-refractivity contribution in [2.75, 3.05) is 13.2 Å². The summed E-state index contributed by atoms with van der Waals surface area (Å²) in [7, 11) is -16.3. The van der Waals surface area contributed by atoms with Gasteiger partial charge in [0.15, 0.2) is 12.5 Å². The van der Waals surface area contributed by atoms with E-state index in [1.807, 2.05) is 4.98 Å². The van der Waals surface area contributed by atoms with Crippen LogP contribution in [-0.2, 0) is 68.6 Å². The Hall–Kier alpha value is -3.26. The van der Waals surface area contributed by atoms with Crippen molar-refractivity contribution in [1.29, 1.82) is 0 Å². The van der Waals surface area contributed by atoms with Crippen LogP contribution in [0.5, 0.6) is 5.75 Å². The first-order chi connectivity index (χ1) is 25.5. The number of phosphoric acid groups is 3. The molecule has 0 aliphatic carbocycles. The zero-order valence-corrected chi connectivity index (χ0v) is 31.4. The Morgan fingerprint density at radius 3 is 2.27 bits per heavy atom. The molecule has 10 atom stereocenters. The van der Waals surface area contributed by atoms with Crippen LogP contribution in [-0.4, -0.2) is 117 Å². The lowest BCUT2D eigenvalue weighted by Crippen LogP contribution is -2.66. The number of aromatic hydroxyl groups is 1. The number of phosphoric ester groups is 3. The molecule has 0 saturated carbocycles. The summed E-state index contributed by atoms with van der Waals surface area (Å²) in [5.74, 6) is -1.93. The molecule has 308 valence electrons. The smallest absolute Gasteiger partial charge is 0.483 e. The van der Waals surface area contributed by atoms with Crippen molar-refractivity contribution in [3.8, 4) is 5.75 Å². The largest absolute Gasteiger partial charge is 0.506 e. The van der Waals surface area contributed by atoms with Crippen LogP contribution in [0.25, 0.3) is 0 Å². The average molecular weight is 850 g/mol. The lowest BCUT2D eigenvalue weighted by atomic mass is 9.98. The molecule has 2 fully saturated rings. The van der Waals surface area contributed by atoms with Gasteiger partial charge in [0.25, 0.3) is 5.56 Å². The van der Waals surface area contributed by atoms with Crippen molar-refractivity contribution < 1.29 is 90.3 Å². The van der Waals surface area contributed by atoms with Gasteiger partial charge in [0.05, 0.1) is 38.2 Å². The van der Waals surface area contributed by atoms with Gasteiger partial charge in [-0.25, -0.2) is 18.5 Å². The second-order valence-electron chi connectivity index (χ2n) is 11.9. The summed E-state index contributed by atoms with van der Waals surface area (Å²) in [5, 5.41) is 36.2. The normalized spacial score (nSPS) is 27.9. The van der Waals surface area contributed by atoms with Crippen LogP contribution in [0.2, 0.25) is 0 Å². The van der Waals surface area contributed by atoms with Crippen molar-refractivity contribution in [3.63, 3.8) is 0 Å². The molecule has 4 rings (SSSR count). The maximum absolute atomic E-state index is 13.0. The van der Waals surface area contributed by atoms with E-state index in [1.165, 1.54) is 13.1 Å². The fourth-order valence-corrected chi connectivity index (χ4v) is 7.85. The summed E-state index contributed by atoms with van der Waals surface area (Å²) in [6, 6.07) is -2.03. The molecule has 29 heteroatoms. The van der Waals surface area contributed by atoms with Gasteiger partial charge in [0.2, 0.25) is 11.8 Å². The van der Waals surface area contributed by atoms with Gasteiger partial charge in [-0.15, -0.1) is 0 Å². The third-order valence-corrected chi connectivity index (χ3v) is 10.9. The summed E-state index contributed by atoms with van der Waals surface area (Å²) in [5.41, 5.74) is -1.73. The number of ether oxygens (including phenoxy) is 3. The van der Waals surface area contributed by atoms with Crippen LogP contribution in [0.15, 0.2) is 28.0 Å². The van der Waals surface area contributed by atoms with E-state index in [4.69, 9.17) is 28.5 Å². The number of carbonyl (C=O) groups is 2. The topological polar surface area (TPSA) is 383 Å². The van der Waals surface area contributed by atoms with Crippen LogP contribution in [0.4, 0.5) is 0 Å². The van der Waals surface area contributed by atoms with E-state index in [9.17, 15) is 58.0 Å². The lowest BCUT2D eigenvalue weighted by Gasteiger charge is -2.42. The molecule has 0 bridgehead atoms. The van der Waals surface area contributed by atoms with Gasteiger partial charge < -0.3 is 59.7 Å². The zero-order chi connectivity index (χ0) is 41.0. The second kappa shape index (κ2) is 17.9. The van der Waals surface area contributed by atoms with E-state index in [0.717, 1.165) is 26.1 Å². The number of hydrogen-bond acceptors (Lipinski definition) is 18. The Balaban J connectivity index is 1.46. The Kier molecular flexibility index (Phi) is 14.5. The highest BCUT2D eigenvalue weighted by Gasteiger charge is 2.49. The molecule has 2 aromatic rings. The lowest BCUT2D eigenvalue weighted by molar-refractivity contribution is -0.192. The van der Waals surface area contributed by atoms with E-state index in [1.54, 1.807) is 0 Å². The minimum absolute atomic E-state index is 0.00196. The molecule has 4 heterocycles. The van der Waals surface area contributed by atoms with Crippen molar-refractivity contribution in [3.05, 3.63) is 56.1 Å². The third kappa shape index (κ3) is 12.1. The van der Waals surface area contributed by atoms with Crippen molar-refractivity contribution in [2.24, 2.45) is 0 Å². The van der Waals surface area contributed by atoms with E-state index in [2.05, 4.69) is 29.0 Å². The van der Waals surface area contributed by atoms with E-state index in [-0.39, 0.29) is 16.8 Å². The number of pyridine rings is 1. The fourth-order valence-electron chi connectivity index (χ4n) is 5.37. The van der Waals surface area contributed by atoms with E-state index >= 15 is 0 Å². The van der Waals surface area contributed by atoms with Gasteiger partial charge in [-0.3, -0.25) is 42.5 Å². The molecule has 55 heavy (non-hydrogen) atoms. The first kappa shape index (κ1) is 44.5. The molecule has 0 aromatic carbocycles. The number of carbonyl (C=O) groups excluding carboxylic acids is 2. The van der Waals surface area contributed by atoms with Gasteiger partial charge in [0, 0.05) is 43.4 Å². The number of aryl methyl sites for hydroxylation is 1. The van der Waals surface area contributed by atoms with Gasteiger partial charge in [0.1, 0.15) is 36.2 Å². The number of aromatic amines is 1. The zero-order valence-electron chi connectivity index (χ0n) is 28.8.